The molecule has 2 rings (SSSR count). The van der Waals surface area contributed by atoms with Gasteiger partial charge in [0.2, 0.25) is 0 Å². The van der Waals surface area contributed by atoms with E-state index in [4.69, 9.17) is 14.2 Å². The third kappa shape index (κ3) is 4.07. The van der Waals surface area contributed by atoms with Gasteiger partial charge in [-0.3, -0.25) is 0 Å². The summed E-state index contributed by atoms with van der Waals surface area (Å²) in [6.07, 6.45) is 1.88. The molecule has 0 saturated carbocycles. The molecule has 1 fully saturated rings. The molecule has 0 radical (unpaired) electrons. The highest BCUT2D eigenvalue weighted by Crippen LogP contribution is 2.38. The first-order chi connectivity index (χ1) is 11.1. The normalized spacial score (nSPS) is 18.6. The van der Waals surface area contributed by atoms with E-state index in [2.05, 4.69) is 5.32 Å². The number of urea groups is 1. The minimum atomic E-state index is -0.0677. The summed E-state index contributed by atoms with van der Waals surface area (Å²) in [5, 5.41) is 2.98. The van der Waals surface area contributed by atoms with Crippen molar-refractivity contribution in [2.24, 2.45) is 0 Å². The van der Waals surface area contributed by atoms with Gasteiger partial charge in [0, 0.05) is 19.2 Å². The Balaban J connectivity index is 2.19. The van der Waals surface area contributed by atoms with Crippen LogP contribution in [0, 0.1) is 0 Å². The Kier molecular flexibility index (Phi) is 6.10. The van der Waals surface area contributed by atoms with E-state index in [0.717, 1.165) is 36.4 Å². The Morgan fingerprint density at radius 2 is 2.13 bits per heavy atom. The van der Waals surface area contributed by atoms with Crippen molar-refractivity contribution in [3.63, 3.8) is 0 Å². The van der Waals surface area contributed by atoms with Gasteiger partial charge in [0.15, 0.2) is 0 Å². The van der Waals surface area contributed by atoms with Gasteiger partial charge < -0.3 is 24.4 Å². The summed E-state index contributed by atoms with van der Waals surface area (Å²) in [4.78, 5) is 14.4. The first-order valence-electron chi connectivity index (χ1n) is 7.88. The lowest BCUT2D eigenvalue weighted by Gasteiger charge is -2.28. The van der Waals surface area contributed by atoms with Crippen LogP contribution in [0.5, 0.6) is 11.5 Å². The lowest BCUT2D eigenvalue weighted by Crippen LogP contribution is -2.45. The Morgan fingerprint density at radius 1 is 1.35 bits per heavy atom. The summed E-state index contributed by atoms with van der Waals surface area (Å²) in [7, 11) is 4.91. The molecule has 0 aromatic heterocycles. The van der Waals surface area contributed by atoms with Crippen LogP contribution < -0.4 is 14.8 Å². The molecule has 1 aromatic rings. The van der Waals surface area contributed by atoms with Crippen LogP contribution in [0.1, 0.15) is 31.4 Å². The van der Waals surface area contributed by atoms with Gasteiger partial charge in [-0.15, -0.1) is 0 Å². The van der Waals surface area contributed by atoms with Gasteiger partial charge >= 0.3 is 6.03 Å². The molecule has 1 heterocycles. The minimum Gasteiger partial charge on any atom is -0.497 e. The van der Waals surface area contributed by atoms with E-state index in [-0.39, 0.29) is 18.1 Å². The van der Waals surface area contributed by atoms with E-state index in [1.807, 2.05) is 30.0 Å². The molecule has 1 aliphatic heterocycles. The van der Waals surface area contributed by atoms with Gasteiger partial charge in [0.05, 0.1) is 32.9 Å². The third-order valence-electron chi connectivity index (χ3n) is 4.10. The minimum absolute atomic E-state index is 0.00482. The molecule has 1 N–H and O–H groups in total. The molecule has 1 aromatic carbocycles. The van der Waals surface area contributed by atoms with Gasteiger partial charge in [-0.2, -0.15) is 0 Å². The predicted octanol–water partition coefficient (Wildman–Crippen LogP) is 2.59. The topological polar surface area (TPSA) is 60.0 Å². The van der Waals surface area contributed by atoms with E-state index >= 15 is 0 Å². The standard InChI is InChI=1S/C17H26N2O4/c1-12(11-21-2)18-17(20)19-9-5-6-15(19)14-10-13(22-3)7-8-16(14)23-4/h7-8,10,12,15H,5-6,9,11H2,1-4H3,(H,18,20)/t12-,15+/m0/s1. The van der Waals surface area contributed by atoms with Gasteiger partial charge in [0.25, 0.3) is 0 Å². The average molecular weight is 322 g/mol. The molecule has 23 heavy (non-hydrogen) atoms. The molecule has 2 atom stereocenters. The zero-order valence-corrected chi connectivity index (χ0v) is 14.3. The maximum atomic E-state index is 12.6. The Morgan fingerprint density at radius 3 is 2.78 bits per heavy atom. The van der Waals surface area contributed by atoms with Gasteiger partial charge in [0.1, 0.15) is 11.5 Å². The SMILES string of the molecule is COC[C@H](C)NC(=O)N1CCC[C@@H]1c1cc(OC)ccc1OC. The zero-order valence-electron chi connectivity index (χ0n) is 14.3. The van der Waals surface area contributed by atoms with Crippen molar-refractivity contribution in [3.05, 3.63) is 23.8 Å². The smallest absolute Gasteiger partial charge is 0.318 e. The number of carbonyl (C=O) groups excluding carboxylic acids is 1. The zero-order chi connectivity index (χ0) is 16.8. The maximum Gasteiger partial charge on any atom is 0.318 e. The molecule has 6 heteroatoms. The Labute approximate surface area is 137 Å². The predicted molar refractivity (Wildman–Crippen MR) is 88.1 cm³/mol. The molecule has 128 valence electrons. The number of likely N-dealkylation sites (tertiary alicyclic amines) is 1. The average Bonchev–Trinajstić information content (AvgIpc) is 3.03. The second kappa shape index (κ2) is 8.06. The lowest BCUT2D eigenvalue weighted by molar-refractivity contribution is 0.157. The summed E-state index contributed by atoms with van der Waals surface area (Å²) in [5.41, 5.74) is 0.985. The van der Waals surface area contributed by atoms with Crippen molar-refractivity contribution in [2.45, 2.75) is 31.8 Å². The monoisotopic (exact) mass is 322 g/mol. The fraction of sp³-hybridized carbons (Fsp3) is 0.588. The highest BCUT2D eigenvalue weighted by Gasteiger charge is 2.32. The molecule has 2 amide bonds. The molecule has 0 unspecified atom stereocenters. The fourth-order valence-electron chi connectivity index (χ4n) is 3.02. The van der Waals surface area contributed by atoms with Crippen LogP contribution in [0.3, 0.4) is 0 Å². The van der Waals surface area contributed by atoms with Crippen LogP contribution in [0.4, 0.5) is 4.79 Å². The van der Waals surface area contributed by atoms with Crippen LogP contribution in [0.15, 0.2) is 18.2 Å². The summed E-state index contributed by atoms with van der Waals surface area (Å²) in [6, 6.07) is 5.60. The van der Waals surface area contributed by atoms with Crippen molar-refractivity contribution in [2.75, 3.05) is 34.5 Å². The number of nitrogens with one attached hydrogen (secondary N) is 1. The first-order valence-corrected chi connectivity index (χ1v) is 7.88. The van der Waals surface area contributed by atoms with Crippen molar-refractivity contribution in [1.29, 1.82) is 0 Å². The summed E-state index contributed by atoms with van der Waals surface area (Å²) >= 11 is 0. The van der Waals surface area contributed by atoms with E-state index < -0.39 is 0 Å². The highest BCUT2D eigenvalue weighted by molar-refractivity contribution is 5.75. The van der Waals surface area contributed by atoms with E-state index in [1.54, 1.807) is 21.3 Å². The van der Waals surface area contributed by atoms with E-state index in [1.165, 1.54) is 0 Å². The molecule has 6 nitrogen and oxygen atoms in total. The molecule has 0 aliphatic carbocycles. The summed E-state index contributed by atoms with van der Waals surface area (Å²) in [5.74, 6) is 1.54. The summed E-state index contributed by atoms with van der Waals surface area (Å²) < 4.78 is 15.9. The van der Waals surface area contributed by atoms with Crippen LogP contribution in [0.2, 0.25) is 0 Å². The molecular weight excluding hydrogens is 296 g/mol. The number of hydrogen-bond donors (Lipinski definition) is 1. The third-order valence-corrected chi connectivity index (χ3v) is 4.10. The van der Waals surface area contributed by atoms with Crippen LogP contribution in [0.25, 0.3) is 0 Å². The molecule has 1 aliphatic rings. The van der Waals surface area contributed by atoms with Gasteiger partial charge in [-0.25, -0.2) is 4.79 Å². The number of carbonyl (C=O) groups is 1. The number of nitrogens with zero attached hydrogens (tertiary/aromatic N) is 1. The number of amides is 2. The van der Waals surface area contributed by atoms with Crippen LogP contribution >= 0.6 is 0 Å². The second-order valence-electron chi connectivity index (χ2n) is 5.77. The fourth-order valence-corrected chi connectivity index (χ4v) is 3.02. The maximum absolute atomic E-state index is 12.6. The molecular formula is C17H26N2O4. The van der Waals surface area contributed by atoms with E-state index in [0.29, 0.717) is 6.61 Å². The van der Waals surface area contributed by atoms with Crippen molar-refractivity contribution in [1.82, 2.24) is 10.2 Å². The van der Waals surface area contributed by atoms with Gasteiger partial charge in [-0.05, 0) is 38.0 Å². The quantitative estimate of drug-likeness (QED) is 0.874. The highest BCUT2D eigenvalue weighted by atomic mass is 16.5. The molecule has 1 saturated heterocycles. The Hall–Kier alpha value is -1.95. The van der Waals surface area contributed by atoms with Crippen molar-refractivity contribution >= 4 is 6.03 Å². The number of methoxy groups -OCH3 is 3. The Bertz CT molecular complexity index is 535. The van der Waals surface area contributed by atoms with Crippen molar-refractivity contribution < 1.29 is 19.0 Å². The summed E-state index contributed by atoms with van der Waals surface area (Å²) in [6.45, 7) is 3.15. The largest absolute Gasteiger partial charge is 0.497 e. The number of rotatable bonds is 6. The van der Waals surface area contributed by atoms with Crippen molar-refractivity contribution in [3.8, 4) is 11.5 Å². The number of hydrogen-bond acceptors (Lipinski definition) is 4. The molecule has 0 spiro atoms. The lowest BCUT2D eigenvalue weighted by atomic mass is 10.0. The molecule has 0 bridgehead atoms. The second-order valence-corrected chi connectivity index (χ2v) is 5.77. The first kappa shape index (κ1) is 17.4. The number of ether oxygens (including phenoxy) is 3. The van der Waals surface area contributed by atoms with Crippen LogP contribution in [-0.2, 0) is 4.74 Å². The van der Waals surface area contributed by atoms with Crippen LogP contribution in [-0.4, -0.2) is 51.5 Å². The van der Waals surface area contributed by atoms with Gasteiger partial charge in [-0.1, -0.05) is 0 Å². The number of benzene rings is 1. The van der Waals surface area contributed by atoms with E-state index in [9.17, 15) is 4.79 Å².